The standard InChI is InChI=1S/2C20H30O2.Zn/c2*1-13(2)14-6-8-16-15(12-14)7-9-17-19(16,3)10-5-11-20(17,4)18(21)22;/h2*7,12-13,16-17H,5-6,8-11H2,1-4H3,(H,21,22);/q;;+2/p-2/t2*16-,17+,19+,20+;/m00./s1. The summed E-state index contributed by atoms with van der Waals surface area (Å²) in [6.45, 7) is 17.7. The van der Waals surface area contributed by atoms with Gasteiger partial charge in [0.1, 0.15) is 0 Å². The molecule has 5 heteroatoms. The second-order valence-corrected chi connectivity index (χ2v) is 17.0. The zero-order valence-electron chi connectivity index (χ0n) is 29.6. The number of hydrogen-bond acceptors (Lipinski definition) is 4. The number of carbonyl (C=O) groups is 2. The van der Waals surface area contributed by atoms with E-state index in [2.05, 4.69) is 65.8 Å². The third-order valence-corrected chi connectivity index (χ3v) is 14.1. The van der Waals surface area contributed by atoms with Gasteiger partial charge in [0.2, 0.25) is 0 Å². The Bertz CT molecular complexity index is 1190. The summed E-state index contributed by atoms with van der Waals surface area (Å²) in [5, 5.41) is 23.7. The van der Waals surface area contributed by atoms with Gasteiger partial charge in [-0.1, -0.05) is 104 Å². The van der Waals surface area contributed by atoms with Gasteiger partial charge in [0.25, 0.3) is 0 Å². The van der Waals surface area contributed by atoms with Crippen LogP contribution in [0.5, 0.6) is 0 Å². The number of carboxylic acids is 2. The van der Waals surface area contributed by atoms with Crippen LogP contribution in [-0.4, -0.2) is 11.9 Å². The summed E-state index contributed by atoms with van der Waals surface area (Å²) >= 11 is 0. The third-order valence-electron chi connectivity index (χ3n) is 14.1. The molecule has 6 aliphatic carbocycles. The smallest absolute Gasteiger partial charge is 0.550 e. The average molecular weight is 668 g/mol. The predicted molar refractivity (Wildman–Crippen MR) is 174 cm³/mol. The van der Waals surface area contributed by atoms with E-state index in [1.807, 2.05) is 13.8 Å². The summed E-state index contributed by atoms with van der Waals surface area (Å²) in [5.74, 6) is 1.08. The van der Waals surface area contributed by atoms with Gasteiger partial charge in [-0.2, -0.15) is 0 Å². The van der Waals surface area contributed by atoms with Crippen molar-refractivity contribution in [3.05, 3.63) is 46.6 Å². The Balaban J connectivity index is 0.000000200. The van der Waals surface area contributed by atoms with Crippen LogP contribution < -0.4 is 10.2 Å². The van der Waals surface area contributed by atoms with Crippen LogP contribution in [-0.2, 0) is 29.1 Å². The molecule has 2 fully saturated rings. The van der Waals surface area contributed by atoms with Crippen LogP contribution in [0.1, 0.15) is 132 Å². The number of allylic oxidation sites excluding steroid dienone is 8. The van der Waals surface area contributed by atoms with Crippen molar-refractivity contribution in [1.29, 1.82) is 0 Å². The minimum Gasteiger partial charge on any atom is -0.550 e. The molecular formula is C40H58O4Zn. The van der Waals surface area contributed by atoms with E-state index in [1.165, 1.54) is 36.8 Å². The number of carbonyl (C=O) groups excluding carboxylic acids is 2. The molecule has 0 radical (unpaired) electrons. The number of aliphatic carboxylic acids is 2. The minimum atomic E-state index is -0.838. The number of hydrogen-bond donors (Lipinski definition) is 0. The van der Waals surface area contributed by atoms with E-state index in [-0.39, 0.29) is 42.1 Å². The number of fused-ring (bicyclic) bond motifs is 6. The molecule has 0 aromatic carbocycles. The first-order valence-electron chi connectivity index (χ1n) is 17.8. The molecule has 244 valence electrons. The van der Waals surface area contributed by atoms with E-state index in [1.54, 1.807) is 11.1 Å². The van der Waals surface area contributed by atoms with Crippen LogP contribution in [0, 0.1) is 57.2 Å². The summed E-state index contributed by atoms with van der Waals surface area (Å²) in [4.78, 5) is 23.7. The zero-order valence-corrected chi connectivity index (χ0v) is 32.6. The van der Waals surface area contributed by atoms with E-state index in [0.717, 1.165) is 51.4 Å². The largest absolute Gasteiger partial charge is 2.00 e. The molecule has 45 heavy (non-hydrogen) atoms. The Hall–Kier alpha value is -1.48. The summed E-state index contributed by atoms with van der Waals surface area (Å²) in [6.07, 6.45) is 21.9. The van der Waals surface area contributed by atoms with Crippen LogP contribution in [0.3, 0.4) is 0 Å². The number of carboxylic acid groups (broad SMARTS) is 2. The molecule has 0 aromatic rings. The molecular weight excluding hydrogens is 610 g/mol. The maximum atomic E-state index is 11.8. The SMILES string of the molecule is CC(C)C1=CC2=CC[C@@H]3[C@](C)(CCC[C@@]3(C)C(=O)[O-])[C@H]2CC1.CC(C)C1=CC2=CC[C@@H]3[C@](C)(CCC[C@@]3(C)C(=O)[O-])[C@H]2CC1.[Zn+2]. The molecule has 0 spiro atoms. The molecule has 2 saturated carbocycles. The monoisotopic (exact) mass is 666 g/mol. The Morgan fingerprint density at radius 3 is 1.33 bits per heavy atom. The Kier molecular flexibility index (Phi) is 10.7. The van der Waals surface area contributed by atoms with Gasteiger partial charge in [-0.3, -0.25) is 0 Å². The van der Waals surface area contributed by atoms with E-state index in [9.17, 15) is 19.8 Å². The van der Waals surface area contributed by atoms with Gasteiger partial charge in [-0.25, -0.2) is 0 Å². The second-order valence-electron chi connectivity index (χ2n) is 17.0. The number of rotatable bonds is 4. The molecule has 6 rings (SSSR count). The first-order chi connectivity index (χ1) is 20.6. The van der Waals surface area contributed by atoms with Gasteiger partial charge < -0.3 is 19.8 Å². The normalized spacial score (nSPS) is 40.4. The van der Waals surface area contributed by atoms with Crippen LogP contribution in [0.4, 0.5) is 0 Å². The Morgan fingerprint density at radius 2 is 1.02 bits per heavy atom. The fourth-order valence-corrected chi connectivity index (χ4v) is 11.2. The molecule has 0 saturated heterocycles. The van der Waals surface area contributed by atoms with Gasteiger partial charge in [-0.15, -0.1) is 0 Å². The Morgan fingerprint density at radius 1 is 0.667 bits per heavy atom. The van der Waals surface area contributed by atoms with Crippen molar-refractivity contribution >= 4 is 11.9 Å². The summed E-state index contributed by atoms with van der Waals surface area (Å²) in [7, 11) is 0. The van der Waals surface area contributed by atoms with Crippen molar-refractivity contribution in [2.75, 3.05) is 0 Å². The summed E-state index contributed by atoms with van der Waals surface area (Å²) in [6, 6.07) is 0. The molecule has 6 aliphatic rings. The topological polar surface area (TPSA) is 80.3 Å². The third kappa shape index (κ3) is 6.15. The molecule has 0 N–H and O–H groups in total. The maximum Gasteiger partial charge on any atom is 2.00 e. The molecule has 0 unspecified atom stereocenters. The molecule has 4 nitrogen and oxygen atoms in total. The van der Waals surface area contributed by atoms with Crippen molar-refractivity contribution in [2.24, 2.45) is 57.2 Å². The molecule has 0 heterocycles. The van der Waals surface area contributed by atoms with Crippen molar-refractivity contribution in [1.82, 2.24) is 0 Å². The maximum absolute atomic E-state index is 11.8. The summed E-state index contributed by atoms with van der Waals surface area (Å²) < 4.78 is 0. The molecule has 0 bridgehead atoms. The van der Waals surface area contributed by atoms with E-state index >= 15 is 0 Å². The molecule has 0 aromatic heterocycles. The molecule has 0 amide bonds. The van der Waals surface area contributed by atoms with Crippen molar-refractivity contribution in [3.8, 4) is 0 Å². The molecule has 8 atom stereocenters. The van der Waals surface area contributed by atoms with Crippen molar-refractivity contribution < 1.29 is 39.3 Å². The quantitative estimate of drug-likeness (QED) is 0.287. The van der Waals surface area contributed by atoms with Gasteiger partial charge in [-0.05, 0) is 122 Å². The summed E-state index contributed by atoms with van der Waals surface area (Å²) in [5.41, 5.74) is 5.01. The van der Waals surface area contributed by atoms with E-state index in [4.69, 9.17) is 0 Å². The van der Waals surface area contributed by atoms with E-state index < -0.39 is 22.8 Å². The first-order valence-corrected chi connectivity index (χ1v) is 17.8. The molecule has 0 aliphatic heterocycles. The predicted octanol–water partition coefficient (Wildman–Crippen LogP) is 7.74. The Labute approximate surface area is 286 Å². The second kappa shape index (κ2) is 13.2. The van der Waals surface area contributed by atoms with Gasteiger partial charge in [0, 0.05) is 22.8 Å². The minimum absolute atomic E-state index is 0. The van der Waals surface area contributed by atoms with Crippen LogP contribution in [0.15, 0.2) is 46.6 Å². The zero-order chi connectivity index (χ0) is 32.2. The fourth-order valence-electron chi connectivity index (χ4n) is 11.2. The van der Waals surface area contributed by atoms with Crippen LogP contribution in [0.2, 0.25) is 0 Å². The van der Waals surface area contributed by atoms with Crippen LogP contribution in [0.25, 0.3) is 0 Å². The average Bonchev–Trinajstić information content (AvgIpc) is 2.96. The first kappa shape index (κ1) is 36.4. The fraction of sp³-hybridized carbons (Fsp3) is 0.750. The van der Waals surface area contributed by atoms with Gasteiger partial charge in [0.05, 0.1) is 0 Å². The van der Waals surface area contributed by atoms with E-state index in [0.29, 0.717) is 23.7 Å². The van der Waals surface area contributed by atoms with Crippen molar-refractivity contribution in [3.63, 3.8) is 0 Å². The van der Waals surface area contributed by atoms with Gasteiger partial charge >= 0.3 is 19.5 Å². The van der Waals surface area contributed by atoms with Crippen molar-refractivity contribution in [2.45, 2.75) is 132 Å². The van der Waals surface area contributed by atoms with Gasteiger partial charge in [0.15, 0.2) is 0 Å². The van der Waals surface area contributed by atoms with Crippen LogP contribution >= 0.6 is 0 Å².